The van der Waals surface area contributed by atoms with Crippen molar-refractivity contribution in [2.24, 2.45) is 0 Å². The zero-order valence-corrected chi connectivity index (χ0v) is 20.2. The summed E-state index contributed by atoms with van der Waals surface area (Å²) in [4.78, 5) is 28.7. The lowest BCUT2D eigenvalue weighted by atomic mass is 10.1. The molecule has 9 heteroatoms. The molecular formula is C24H33ClN6O2. The molecule has 0 saturated carbocycles. The monoisotopic (exact) mass is 472 g/mol. The highest BCUT2D eigenvalue weighted by molar-refractivity contribution is 6.30. The molecule has 1 aliphatic carbocycles. The number of carbonyl (C=O) groups is 1. The van der Waals surface area contributed by atoms with Crippen LogP contribution in [0.1, 0.15) is 44.1 Å². The minimum atomic E-state index is -0.174. The molecule has 0 saturated heterocycles. The van der Waals surface area contributed by atoms with E-state index in [0.29, 0.717) is 24.5 Å². The summed E-state index contributed by atoms with van der Waals surface area (Å²) in [5.74, 6) is 0.992. The second kappa shape index (κ2) is 11.1. The van der Waals surface area contributed by atoms with Gasteiger partial charge in [-0.15, -0.1) is 0 Å². The molecule has 178 valence electrons. The van der Waals surface area contributed by atoms with Crippen molar-refractivity contribution in [3.05, 3.63) is 41.0 Å². The molecule has 8 nitrogen and oxygen atoms in total. The van der Waals surface area contributed by atoms with Crippen LogP contribution in [-0.4, -0.2) is 70.6 Å². The summed E-state index contributed by atoms with van der Waals surface area (Å²) in [6, 6.07) is 0. The lowest BCUT2D eigenvalue weighted by Gasteiger charge is -2.23. The van der Waals surface area contributed by atoms with E-state index >= 15 is 0 Å². The van der Waals surface area contributed by atoms with Gasteiger partial charge in [-0.2, -0.15) is 0 Å². The van der Waals surface area contributed by atoms with Crippen LogP contribution in [0.4, 0.5) is 5.82 Å². The number of aromatic amines is 1. The molecule has 0 radical (unpaired) electrons. The number of H-pyrrole nitrogens is 1. The second-order valence-corrected chi connectivity index (χ2v) is 9.35. The van der Waals surface area contributed by atoms with Crippen LogP contribution in [-0.2, 0) is 16.1 Å². The predicted octanol–water partition coefficient (Wildman–Crippen LogP) is 4.02. The molecule has 2 aromatic rings. The van der Waals surface area contributed by atoms with Gasteiger partial charge in [-0.3, -0.25) is 4.79 Å². The van der Waals surface area contributed by atoms with Crippen LogP contribution in [0.2, 0.25) is 0 Å². The summed E-state index contributed by atoms with van der Waals surface area (Å²) < 4.78 is 6.07. The minimum absolute atomic E-state index is 0.174. The Balaban J connectivity index is 1.55. The van der Waals surface area contributed by atoms with Crippen molar-refractivity contribution in [3.63, 3.8) is 0 Å². The quantitative estimate of drug-likeness (QED) is 0.602. The van der Waals surface area contributed by atoms with Crippen molar-refractivity contribution in [1.82, 2.24) is 24.8 Å². The largest absolute Gasteiger partial charge is 0.372 e. The third kappa shape index (κ3) is 6.13. The number of allylic oxidation sites excluding steroid dienone is 2. The molecule has 1 unspecified atom stereocenters. The Hall–Kier alpha value is -2.42. The van der Waals surface area contributed by atoms with Gasteiger partial charge < -0.3 is 24.8 Å². The van der Waals surface area contributed by atoms with Gasteiger partial charge in [-0.05, 0) is 50.6 Å². The van der Waals surface area contributed by atoms with E-state index in [1.54, 1.807) is 6.33 Å². The number of anilines is 1. The SMILES string of the molecule is CN1CCCN(C)C(=O)CCCCCOC2CC(=CC=C2Cl)Nc2ncnc3[nH]cc(c23)C1. The molecule has 2 N–H and O–H groups in total. The van der Waals surface area contributed by atoms with Crippen molar-refractivity contribution in [1.29, 1.82) is 0 Å². The van der Waals surface area contributed by atoms with Crippen molar-refractivity contribution in [3.8, 4) is 0 Å². The van der Waals surface area contributed by atoms with Gasteiger partial charge in [0.2, 0.25) is 5.91 Å². The number of halogens is 1. The van der Waals surface area contributed by atoms with Crippen LogP contribution in [0, 0.1) is 0 Å². The predicted molar refractivity (Wildman–Crippen MR) is 131 cm³/mol. The maximum atomic E-state index is 12.4. The lowest BCUT2D eigenvalue weighted by Crippen LogP contribution is -2.30. The van der Waals surface area contributed by atoms with Crippen LogP contribution in [0.25, 0.3) is 11.0 Å². The number of hydrogen-bond donors (Lipinski definition) is 2. The number of nitrogens with zero attached hydrogens (tertiary/aromatic N) is 4. The van der Waals surface area contributed by atoms with Crippen molar-refractivity contribution in [2.45, 2.75) is 51.2 Å². The van der Waals surface area contributed by atoms with E-state index in [4.69, 9.17) is 16.3 Å². The highest BCUT2D eigenvalue weighted by Crippen LogP contribution is 2.29. The normalized spacial score (nSPS) is 22.5. The molecule has 33 heavy (non-hydrogen) atoms. The average Bonchev–Trinajstić information content (AvgIpc) is 3.20. The summed E-state index contributed by atoms with van der Waals surface area (Å²) >= 11 is 6.43. The maximum Gasteiger partial charge on any atom is 0.222 e. The third-order valence-electron chi connectivity index (χ3n) is 6.24. The van der Waals surface area contributed by atoms with Crippen LogP contribution in [0.15, 0.2) is 35.4 Å². The van der Waals surface area contributed by atoms with Crippen LogP contribution < -0.4 is 5.32 Å². The first-order valence-electron chi connectivity index (χ1n) is 11.7. The molecular weight excluding hydrogens is 440 g/mol. The number of fused-ring (bicyclic) bond motifs is 2. The van der Waals surface area contributed by atoms with Crippen LogP contribution in [0.3, 0.4) is 0 Å². The summed E-state index contributed by atoms with van der Waals surface area (Å²) in [6.07, 6.45) is 12.2. The number of aromatic nitrogens is 3. The molecule has 2 bridgehead atoms. The van der Waals surface area contributed by atoms with Gasteiger partial charge in [0.25, 0.3) is 0 Å². The van der Waals surface area contributed by atoms with Crippen molar-refractivity contribution >= 4 is 34.4 Å². The fourth-order valence-corrected chi connectivity index (χ4v) is 4.53. The van der Waals surface area contributed by atoms with Crippen LogP contribution >= 0.6 is 11.6 Å². The molecule has 1 aliphatic heterocycles. The Morgan fingerprint density at radius 2 is 2.00 bits per heavy atom. The van der Waals surface area contributed by atoms with E-state index in [-0.39, 0.29) is 12.0 Å². The number of hydrogen-bond acceptors (Lipinski definition) is 6. The van der Waals surface area contributed by atoms with Crippen LogP contribution in [0.5, 0.6) is 0 Å². The molecule has 0 spiro atoms. The molecule has 1 atom stereocenters. The highest BCUT2D eigenvalue weighted by atomic mass is 35.5. The number of nitrogens with one attached hydrogen (secondary N) is 2. The highest BCUT2D eigenvalue weighted by Gasteiger charge is 2.21. The van der Waals surface area contributed by atoms with Gasteiger partial charge in [-0.25, -0.2) is 9.97 Å². The summed E-state index contributed by atoms with van der Waals surface area (Å²) in [7, 11) is 4.00. The van der Waals surface area contributed by atoms with E-state index in [2.05, 4.69) is 32.2 Å². The Labute approximate surface area is 200 Å². The van der Waals surface area contributed by atoms with Gasteiger partial charge in [0.15, 0.2) is 0 Å². The van der Waals surface area contributed by atoms with E-state index in [1.165, 1.54) is 0 Å². The Kier molecular flexibility index (Phi) is 8.01. The molecule has 2 aliphatic rings. The molecule has 0 fully saturated rings. The number of rotatable bonds is 0. The topological polar surface area (TPSA) is 86.4 Å². The number of carbonyl (C=O) groups excluding carboxylic acids is 1. The fraction of sp³-hybridized carbons (Fsp3) is 0.542. The maximum absolute atomic E-state index is 12.4. The first-order chi connectivity index (χ1) is 16.0. The zero-order valence-electron chi connectivity index (χ0n) is 19.4. The smallest absolute Gasteiger partial charge is 0.222 e. The standard InChI is InChI=1S/C24H33ClN6O2/c1-30-10-6-11-31(2)21(32)7-4-3-5-12-33-20-13-18(8-9-19(20)25)29-24-22-17(15-30)14-26-23(22)27-16-28-24/h8-9,14,16,20H,3-7,10-13,15H2,1-2H3,(H2,26,27,28,29). The van der Waals surface area contributed by atoms with Gasteiger partial charge >= 0.3 is 0 Å². The molecule has 3 heterocycles. The van der Waals surface area contributed by atoms with Gasteiger partial charge in [-0.1, -0.05) is 18.0 Å². The fourth-order valence-electron chi connectivity index (χ4n) is 4.33. The Bertz CT molecular complexity index is 1030. The molecule has 0 aromatic carbocycles. The third-order valence-corrected chi connectivity index (χ3v) is 6.61. The summed E-state index contributed by atoms with van der Waals surface area (Å²) in [5, 5.41) is 5.19. The number of amides is 1. The van der Waals surface area contributed by atoms with Crippen molar-refractivity contribution < 1.29 is 9.53 Å². The van der Waals surface area contributed by atoms with E-state index in [9.17, 15) is 4.79 Å². The first-order valence-corrected chi connectivity index (χ1v) is 12.1. The summed E-state index contributed by atoms with van der Waals surface area (Å²) in [6.45, 7) is 3.04. The Morgan fingerprint density at radius 1 is 1.12 bits per heavy atom. The molecule has 4 rings (SSSR count). The van der Waals surface area contributed by atoms with E-state index in [0.717, 1.165) is 73.4 Å². The first kappa shape index (κ1) is 23.7. The zero-order chi connectivity index (χ0) is 23.2. The molecule has 1 amide bonds. The molecule has 2 aromatic heterocycles. The number of ether oxygens (including phenoxy) is 1. The minimum Gasteiger partial charge on any atom is -0.372 e. The van der Waals surface area contributed by atoms with Gasteiger partial charge in [0.1, 0.15) is 17.8 Å². The second-order valence-electron chi connectivity index (χ2n) is 8.91. The average molecular weight is 473 g/mol. The Morgan fingerprint density at radius 3 is 2.88 bits per heavy atom. The van der Waals surface area contributed by atoms with E-state index < -0.39 is 0 Å². The summed E-state index contributed by atoms with van der Waals surface area (Å²) in [5.41, 5.74) is 2.95. The lowest BCUT2D eigenvalue weighted by molar-refractivity contribution is -0.130. The van der Waals surface area contributed by atoms with Crippen molar-refractivity contribution in [2.75, 3.05) is 39.1 Å². The van der Waals surface area contributed by atoms with E-state index in [1.807, 2.05) is 30.3 Å². The van der Waals surface area contributed by atoms with Gasteiger partial charge in [0, 0.05) is 56.5 Å². The van der Waals surface area contributed by atoms with Gasteiger partial charge in [0.05, 0.1) is 11.5 Å².